The van der Waals surface area contributed by atoms with Crippen LogP contribution >= 0.6 is 54.5 Å². The zero-order valence-electron chi connectivity index (χ0n) is 23.9. The molecule has 0 radical (unpaired) electrons. The molecule has 2 unspecified atom stereocenters. The van der Waals surface area contributed by atoms with Gasteiger partial charge in [-0.1, -0.05) is 91.9 Å². The monoisotopic (exact) mass is 676 g/mol. The summed E-state index contributed by atoms with van der Waals surface area (Å²) in [5.74, 6) is 1.77. The van der Waals surface area contributed by atoms with Crippen LogP contribution in [0.4, 0.5) is 0 Å². The first kappa shape index (κ1) is 30.5. The van der Waals surface area contributed by atoms with Crippen molar-refractivity contribution in [1.29, 1.82) is 0 Å². The Morgan fingerprint density at radius 2 is 0.947 bits per heavy atom. The van der Waals surface area contributed by atoms with E-state index in [0.717, 1.165) is 11.8 Å². The first-order valence-corrected chi connectivity index (χ1v) is 18.5. The van der Waals surface area contributed by atoms with Crippen molar-refractivity contribution in [2.45, 2.75) is 118 Å². The summed E-state index contributed by atoms with van der Waals surface area (Å²) in [6.45, 7) is 9.39. The lowest BCUT2D eigenvalue weighted by atomic mass is 9.90. The van der Waals surface area contributed by atoms with E-state index in [1.54, 1.807) is 11.1 Å². The number of rotatable bonds is 16. The SMILES string of the molecule is CCCCC(CC)CCCc1cc2c(cc(CCCC(CC)CCCC)c3cc(Br)sc32)c2sc(Br)cc12. The van der Waals surface area contributed by atoms with Gasteiger partial charge in [-0.2, -0.15) is 0 Å². The maximum atomic E-state index is 3.85. The summed E-state index contributed by atoms with van der Waals surface area (Å²) in [5, 5.41) is 5.87. The Morgan fingerprint density at radius 1 is 0.553 bits per heavy atom. The number of hydrogen-bond acceptors (Lipinski definition) is 2. The number of halogens is 2. The lowest BCUT2D eigenvalue weighted by Crippen LogP contribution is -2.00. The van der Waals surface area contributed by atoms with Gasteiger partial charge in [-0.05, 0) is 116 Å². The maximum Gasteiger partial charge on any atom is 0.0711 e. The van der Waals surface area contributed by atoms with Crippen LogP contribution in [-0.4, -0.2) is 0 Å². The standard InChI is InChI=1S/C34H46Br2S2/c1-5-9-13-23(7-3)15-11-17-25-19-29-30(33-27(25)21-31(35)37-33)20-26(28-22-32(36)38-34(28)29)18-12-16-24(8-4)14-10-6-2/h19-24H,5-18H2,1-4H3. The van der Waals surface area contributed by atoms with Crippen molar-refractivity contribution in [3.8, 4) is 0 Å². The third-order valence-electron chi connectivity index (χ3n) is 8.72. The summed E-state index contributed by atoms with van der Waals surface area (Å²) in [7, 11) is 0. The van der Waals surface area contributed by atoms with E-state index in [9.17, 15) is 0 Å². The van der Waals surface area contributed by atoms with E-state index in [2.05, 4.69) is 83.8 Å². The molecule has 4 heteroatoms. The van der Waals surface area contributed by atoms with Crippen LogP contribution in [0.25, 0.3) is 30.9 Å². The molecule has 4 rings (SSSR count). The molecule has 0 bridgehead atoms. The molecule has 0 amide bonds. The summed E-state index contributed by atoms with van der Waals surface area (Å²) in [6.07, 6.45) is 18.5. The van der Waals surface area contributed by atoms with Crippen LogP contribution in [0.1, 0.15) is 116 Å². The van der Waals surface area contributed by atoms with Gasteiger partial charge in [-0.15, -0.1) is 22.7 Å². The van der Waals surface area contributed by atoms with Crippen molar-refractivity contribution in [3.05, 3.63) is 43.0 Å². The third-order valence-corrected chi connectivity index (χ3v) is 12.1. The molecule has 208 valence electrons. The number of benzene rings is 2. The van der Waals surface area contributed by atoms with Crippen molar-refractivity contribution in [2.24, 2.45) is 11.8 Å². The van der Waals surface area contributed by atoms with E-state index < -0.39 is 0 Å². The van der Waals surface area contributed by atoms with Gasteiger partial charge in [0.1, 0.15) is 0 Å². The third kappa shape index (κ3) is 7.45. The summed E-state index contributed by atoms with van der Waals surface area (Å²) < 4.78 is 5.46. The summed E-state index contributed by atoms with van der Waals surface area (Å²) in [5.41, 5.74) is 3.08. The Labute approximate surface area is 256 Å². The highest BCUT2D eigenvalue weighted by molar-refractivity contribution is 9.11. The molecule has 2 aromatic carbocycles. The van der Waals surface area contributed by atoms with E-state index in [1.165, 1.54) is 128 Å². The van der Waals surface area contributed by atoms with Crippen LogP contribution in [0.3, 0.4) is 0 Å². The molecular formula is C34H46Br2S2. The number of aryl methyl sites for hydroxylation is 2. The van der Waals surface area contributed by atoms with Crippen molar-refractivity contribution < 1.29 is 0 Å². The second kappa shape index (κ2) is 15.0. The minimum Gasteiger partial charge on any atom is -0.128 e. The molecule has 0 aliphatic carbocycles. The summed E-state index contributed by atoms with van der Waals surface area (Å²) in [6, 6.07) is 9.88. The molecule has 0 saturated heterocycles. The van der Waals surface area contributed by atoms with Gasteiger partial charge in [-0.25, -0.2) is 0 Å². The zero-order chi connectivity index (χ0) is 27.1. The average molecular weight is 679 g/mol. The van der Waals surface area contributed by atoms with Gasteiger partial charge in [-0.3, -0.25) is 0 Å². The molecule has 2 atom stereocenters. The van der Waals surface area contributed by atoms with Crippen molar-refractivity contribution in [1.82, 2.24) is 0 Å². The van der Waals surface area contributed by atoms with E-state index in [-0.39, 0.29) is 0 Å². The van der Waals surface area contributed by atoms with Crippen LogP contribution in [-0.2, 0) is 12.8 Å². The Balaban J connectivity index is 1.65. The second-order valence-electron chi connectivity index (χ2n) is 11.4. The van der Waals surface area contributed by atoms with Gasteiger partial charge in [0.15, 0.2) is 0 Å². The van der Waals surface area contributed by atoms with E-state index in [1.807, 2.05) is 22.7 Å². The molecule has 2 aromatic heterocycles. The lowest BCUT2D eigenvalue weighted by Gasteiger charge is -2.16. The largest absolute Gasteiger partial charge is 0.128 e. The van der Waals surface area contributed by atoms with Gasteiger partial charge in [0, 0.05) is 20.2 Å². The molecule has 4 aromatic rings. The highest BCUT2D eigenvalue weighted by Gasteiger charge is 2.17. The predicted molar refractivity (Wildman–Crippen MR) is 183 cm³/mol. The van der Waals surface area contributed by atoms with Gasteiger partial charge >= 0.3 is 0 Å². The van der Waals surface area contributed by atoms with Gasteiger partial charge < -0.3 is 0 Å². The molecule has 0 N–H and O–H groups in total. The summed E-state index contributed by atoms with van der Waals surface area (Å²) >= 11 is 11.5. The highest BCUT2D eigenvalue weighted by Crippen LogP contribution is 2.44. The van der Waals surface area contributed by atoms with Gasteiger partial charge in [0.2, 0.25) is 0 Å². The fourth-order valence-corrected chi connectivity index (χ4v) is 9.63. The van der Waals surface area contributed by atoms with Crippen molar-refractivity contribution in [2.75, 3.05) is 0 Å². The minimum absolute atomic E-state index is 0.886. The first-order chi connectivity index (χ1) is 18.5. The highest BCUT2D eigenvalue weighted by atomic mass is 79.9. The number of thiophene rings is 2. The van der Waals surface area contributed by atoms with Crippen LogP contribution in [0.15, 0.2) is 31.8 Å². The van der Waals surface area contributed by atoms with E-state index >= 15 is 0 Å². The molecule has 0 aliphatic heterocycles. The summed E-state index contributed by atoms with van der Waals surface area (Å²) in [4.78, 5) is 0. The number of unbranched alkanes of at least 4 members (excludes halogenated alkanes) is 2. The number of hydrogen-bond donors (Lipinski definition) is 0. The van der Waals surface area contributed by atoms with Crippen LogP contribution in [0.2, 0.25) is 0 Å². The Bertz CT molecular complexity index is 1210. The lowest BCUT2D eigenvalue weighted by molar-refractivity contribution is 0.410. The second-order valence-corrected chi connectivity index (χ2v) is 16.2. The number of fused-ring (bicyclic) bond motifs is 5. The van der Waals surface area contributed by atoms with Crippen LogP contribution < -0.4 is 0 Å². The van der Waals surface area contributed by atoms with Crippen molar-refractivity contribution in [3.63, 3.8) is 0 Å². The molecule has 0 nitrogen and oxygen atoms in total. The van der Waals surface area contributed by atoms with Crippen LogP contribution in [0.5, 0.6) is 0 Å². The Hall–Kier alpha value is -0.420. The minimum atomic E-state index is 0.886. The fourth-order valence-electron chi connectivity index (χ4n) is 6.30. The smallest absolute Gasteiger partial charge is 0.0711 e. The van der Waals surface area contributed by atoms with Crippen LogP contribution in [0, 0.1) is 11.8 Å². The van der Waals surface area contributed by atoms with Gasteiger partial charge in [0.25, 0.3) is 0 Å². The topological polar surface area (TPSA) is 0 Å². The zero-order valence-corrected chi connectivity index (χ0v) is 28.7. The Kier molecular flexibility index (Phi) is 12.0. The average Bonchev–Trinajstić information content (AvgIpc) is 3.50. The first-order valence-electron chi connectivity index (χ1n) is 15.2. The maximum absolute atomic E-state index is 3.85. The normalized spacial score (nSPS) is 13.7. The molecule has 0 saturated carbocycles. The molecule has 38 heavy (non-hydrogen) atoms. The van der Waals surface area contributed by atoms with Gasteiger partial charge in [0.05, 0.1) is 7.57 Å². The molecular weight excluding hydrogens is 632 g/mol. The quantitative estimate of drug-likeness (QED) is 0.111. The molecule has 0 aliphatic rings. The van der Waals surface area contributed by atoms with Crippen molar-refractivity contribution >= 4 is 85.5 Å². The fraction of sp³-hybridized carbons (Fsp3) is 0.588. The van der Waals surface area contributed by atoms with E-state index in [4.69, 9.17) is 0 Å². The predicted octanol–water partition coefficient (Wildman–Crippen LogP) is 13.9. The van der Waals surface area contributed by atoms with E-state index in [0.29, 0.717) is 0 Å². The molecule has 2 heterocycles. The molecule has 0 spiro atoms. The Morgan fingerprint density at radius 3 is 1.32 bits per heavy atom. The molecule has 0 fully saturated rings.